The molecule has 0 saturated carbocycles. The van der Waals surface area contributed by atoms with Crippen molar-refractivity contribution in [2.45, 2.75) is 4.90 Å². The number of rotatable bonds is 4. The van der Waals surface area contributed by atoms with Crippen LogP contribution in [0.25, 0.3) is 0 Å². The van der Waals surface area contributed by atoms with Gasteiger partial charge in [-0.25, -0.2) is 8.42 Å². The summed E-state index contributed by atoms with van der Waals surface area (Å²) in [5.74, 6) is 0.129. The monoisotopic (exact) mass is 336 g/mol. The number of aromatic nitrogens is 2. The van der Waals surface area contributed by atoms with E-state index in [1.165, 1.54) is 34.8 Å². The van der Waals surface area contributed by atoms with Gasteiger partial charge in [0.15, 0.2) is 0 Å². The zero-order chi connectivity index (χ0) is 16.3. The molecule has 1 aliphatic rings. The molecule has 0 aliphatic carbocycles. The number of sulfonamides is 1. The third kappa shape index (κ3) is 3.41. The maximum absolute atomic E-state index is 12.5. The lowest BCUT2D eigenvalue weighted by Crippen LogP contribution is -2.40. The number of nitrogens with one attached hydrogen (secondary N) is 2. The van der Waals surface area contributed by atoms with E-state index in [9.17, 15) is 13.2 Å². The molecule has 122 valence electrons. The van der Waals surface area contributed by atoms with Crippen LogP contribution in [-0.2, 0) is 14.8 Å². The fourth-order valence-electron chi connectivity index (χ4n) is 2.23. The van der Waals surface area contributed by atoms with Crippen LogP contribution in [0.5, 0.6) is 0 Å². The summed E-state index contributed by atoms with van der Waals surface area (Å²) in [5, 5.41) is 8.98. The summed E-state index contributed by atoms with van der Waals surface area (Å²) < 4.78 is 31.5. The van der Waals surface area contributed by atoms with Gasteiger partial charge in [-0.2, -0.15) is 9.40 Å². The van der Waals surface area contributed by atoms with Crippen LogP contribution >= 0.6 is 0 Å². The molecule has 2 aromatic rings. The minimum atomic E-state index is -3.55. The van der Waals surface area contributed by atoms with E-state index in [2.05, 4.69) is 15.5 Å². The first-order valence-electron chi connectivity index (χ1n) is 7.06. The van der Waals surface area contributed by atoms with Gasteiger partial charge in [0.25, 0.3) is 5.91 Å². The Bertz CT molecular complexity index is 766. The Labute approximate surface area is 133 Å². The van der Waals surface area contributed by atoms with Gasteiger partial charge in [0.2, 0.25) is 10.0 Å². The highest BCUT2D eigenvalue weighted by molar-refractivity contribution is 7.89. The molecule has 2 N–H and O–H groups in total. The normalized spacial score (nSPS) is 16.2. The Morgan fingerprint density at radius 2 is 1.87 bits per heavy atom. The molecule has 0 bridgehead atoms. The number of H-pyrrole nitrogens is 1. The molecule has 3 rings (SSSR count). The summed E-state index contributed by atoms with van der Waals surface area (Å²) in [7, 11) is -3.55. The lowest BCUT2D eigenvalue weighted by molar-refractivity contribution is 0.0730. The SMILES string of the molecule is O=C(Nc1ccn[nH]1)c1ccc(S(=O)(=O)N2CCOCC2)cc1. The van der Waals surface area contributed by atoms with Crippen molar-refractivity contribution in [3.8, 4) is 0 Å². The Morgan fingerprint density at radius 1 is 1.17 bits per heavy atom. The van der Waals surface area contributed by atoms with Crippen molar-refractivity contribution in [3.63, 3.8) is 0 Å². The predicted octanol–water partition coefficient (Wildman–Crippen LogP) is 0.683. The number of carbonyl (C=O) groups is 1. The van der Waals surface area contributed by atoms with E-state index in [0.717, 1.165) is 0 Å². The number of ether oxygens (including phenoxy) is 1. The number of nitrogens with zero attached hydrogens (tertiary/aromatic N) is 2. The molecule has 8 nitrogen and oxygen atoms in total. The zero-order valence-electron chi connectivity index (χ0n) is 12.2. The van der Waals surface area contributed by atoms with Crippen LogP contribution in [-0.4, -0.2) is 55.1 Å². The second-order valence-corrected chi connectivity index (χ2v) is 6.90. The number of carbonyl (C=O) groups excluding carboxylic acids is 1. The topological polar surface area (TPSA) is 104 Å². The Balaban J connectivity index is 1.74. The summed E-state index contributed by atoms with van der Waals surface area (Å²) in [4.78, 5) is 12.2. The Kier molecular flexibility index (Phi) is 4.42. The highest BCUT2D eigenvalue weighted by Gasteiger charge is 2.26. The van der Waals surface area contributed by atoms with E-state index in [4.69, 9.17) is 4.74 Å². The van der Waals surface area contributed by atoms with Gasteiger partial charge < -0.3 is 10.1 Å². The fourth-order valence-corrected chi connectivity index (χ4v) is 3.64. The molecular weight excluding hydrogens is 320 g/mol. The van der Waals surface area contributed by atoms with E-state index in [0.29, 0.717) is 37.7 Å². The third-order valence-electron chi connectivity index (χ3n) is 3.47. The van der Waals surface area contributed by atoms with Gasteiger partial charge in [-0.3, -0.25) is 9.89 Å². The smallest absolute Gasteiger partial charge is 0.256 e. The van der Waals surface area contributed by atoms with E-state index >= 15 is 0 Å². The first-order valence-corrected chi connectivity index (χ1v) is 8.50. The first-order chi connectivity index (χ1) is 11.1. The molecule has 1 aliphatic heterocycles. The van der Waals surface area contributed by atoms with E-state index in [1.54, 1.807) is 6.07 Å². The average molecular weight is 336 g/mol. The maximum atomic E-state index is 12.5. The molecule has 1 saturated heterocycles. The number of aromatic amines is 1. The highest BCUT2D eigenvalue weighted by Crippen LogP contribution is 2.18. The Morgan fingerprint density at radius 3 is 2.48 bits per heavy atom. The van der Waals surface area contributed by atoms with Crippen LogP contribution < -0.4 is 5.32 Å². The minimum Gasteiger partial charge on any atom is -0.379 e. The summed E-state index contributed by atoms with van der Waals surface area (Å²) in [6.07, 6.45) is 1.52. The van der Waals surface area contributed by atoms with Crippen LogP contribution in [0.15, 0.2) is 41.4 Å². The summed E-state index contributed by atoms with van der Waals surface area (Å²) in [5.41, 5.74) is 0.362. The molecule has 0 unspecified atom stereocenters. The lowest BCUT2D eigenvalue weighted by atomic mass is 10.2. The van der Waals surface area contributed by atoms with Crippen molar-refractivity contribution in [1.82, 2.24) is 14.5 Å². The maximum Gasteiger partial charge on any atom is 0.256 e. The molecule has 2 heterocycles. The molecule has 9 heteroatoms. The second kappa shape index (κ2) is 6.49. The zero-order valence-corrected chi connectivity index (χ0v) is 13.0. The van der Waals surface area contributed by atoms with Crippen molar-refractivity contribution in [3.05, 3.63) is 42.1 Å². The van der Waals surface area contributed by atoms with Crippen molar-refractivity contribution in [2.24, 2.45) is 0 Å². The molecular formula is C14H16N4O4S. The summed E-state index contributed by atoms with van der Waals surface area (Å²) in [6.45, 7) is 1.46. The summed E-state index contributed by atoms with van der Waals surface area (Å²) >= 11 is 0. The van der Waals surface area contributed by atoms with Crippen LogP contribution in [0.4, 0.5) is 5.82 Å². The van der Waals surface area contributed by atoms with Crippen molar-refractivity contribution >= 4 is 21.7 Å². The molecule has 0 atom stereocenters. The third-order valence-corrected chi connectivity index (χ3v) is 5.39. The number of anilines is 1. The average Bonchev–Trinajstić information content (AvgIpc) is 3.09. The molecule has 1 fully saturated rings. The van der Waals surface area contributed by atoms with Crippen LogP contribution in [0, 0.1) is 0 Å². The van der Waals surface area contributed by atoms with Crippen molar-refractivity contribution in [1.29, 1.82) is 0 Å². The number of hydrogen-bond donors (Lipinski definition) is 2. The number of morpholine rings is 1. The van der Waals surface area contributed by atoms with Gasteiger partial charge >= 0.3 is 0 Å². The van der Waals surface area contributed by atoms with Gasteiger partial charge in [0, 0.05) is 24.7 Å². The largest absolute Gasteiger partial charge is 0.379 e. The quantitative estimate of drug-likeness (QED) is 0.854. The molecule has 23 heavy (non-hydrogen) atoms. The van der Waals surface area contributed by atoms with Crippen molar-refractivity contribution in [2.75, 3.05) is 31.6 Å². The number of amides is 1. The van der Waals surface area contributed by atoms with E-state index in [1.807, 2.05) is 0 Å². The van der Waals surface area contributed by atoms with E-state index in [-0.39, 0.29) is 10.8 Å². The standard InChI is InChI=1S/C14H16N4O4S/c19-14(16-13-5-6-15-17-13)11-1-3-12(4-2-11)23(20,21)18-7-9-22-10-8-18/h1-6H,7-10H2,(H2,15,16,17,19). The molecule has 1 aromatic heterocycles. The minimum absolute atomic E-state index is 0.164. The van der Waals surface area contributed by atoms with Gasteiger partial charge in [-0.15, -0.1) is 0 Å². The predicted molar refractivity (Wildman–Crippen MR) is 82.6 cm³/mol. The number of benzene rings is 1. The highest BCUT2D eigenvalue weighted by atomic mass is 32.2. The molecule has 0 radical (unpaired) electrons. The van der Waals surface area contributed by atoms with Crippen molar-refractivity contribution < 1.29 is 17.9 Å². The summed E-state index contributed by atoms with van der Waals surface area (Å²) in [6, 6.07) is 7.46. The Hall–Kier alpha value is -2.23. The molecule has 1 amide bonds. The van der Waals surface area contributed by atoms with Crippen LogP contribution in [0.1, 0.15) is 10.4 Å². The van der Waals surface area contributed by atoms with Gasteiger partial charge in [0.05, 0.1) is 24.3 Å². The molecule has 0 spiro atoms. The first kappa shape index (κ1) is 15.7. The second-order valence-electron chi connectivity index (χ2n) is 4.97. The lowest BCUT2D eigenvalue weighted by Gasteiger charge is -2.26. The fraction of sp³-hybridized carbons (Fsp3) is 0.286. The van der Waals surface area contributed by atoms with Crippen LogP contribution in [0.2, 0.25) is 0 Å². The van der Waals surface area contributed by atoms with Gasteiger partial charge in [-0.1, -0.05) is 0 Å². The van der Waals surface area contributed by atoms with Crippen LogP contribution in [0.3, 0.4) is 0 Å². The molecule has 1 aromatic carbocycles. The van der Waals surface area contributed by atoms with Gasteiger partial charge in [0.1, 0.15) is 5.82 Å². The number of hydrogen-bond acceptors (Lipinski definition) is 5. The van der Waals surface area contributed by atoms with E-state index < -0.39 is 10.0 Å². The van der Waals surface area contributed by atoms with Gasteiger partial charge in [-0.05, 0) is 24.3 Å².